The van der Waals surface area contributed by atoms with E-state index in [1.165, 1.54) is 12.8 Å². The zero-order valence-electron chi connectivity index (χ0n) is 19.4. The Morgan fingerprint density at radius 2 is 1.91 bits per heavy atom. The van der Waals surface area contributed by atoms with Crippen molar-refractivity contribution in [3.8, 4) is 10.4 Å². The van der Waals surface area contributed by atoms with Gasteiger partial charge >= 0.3 is 0 Å². The number of amides is 1. The van der Waals surface area contributed by atoms with Gasteiger partial charge in [0.15, 0.2) is 10.8 Å². The zero-order valence-corrected chi connectivity index (χ0v) is 20.2. The summed E-state index contributed by atoms with van der Waals surface area (Å²) in [7, 11) is 0. The molecule has 3 aromatic rings. The van der Waals surface area contributed by atoms with Crippen molar-refractivity contribution in [1.82, 2.24) is 20.4 Å². The number of ether oxygens (including phenoxy) is 1. The molecule has 1 saturated heterocycles. The summed E-state index contributed by atoms with van der Waals surface area (Å²) < 4.78 is 10.9. The number of rotatable bonds is 6. The van der Waals surface area contributed by atoms with Crippen molar-refractivity contribution >= 4 is 22.4 Å². The topological polar surface area (TPSA) is 93.4 Å². The maximum Gasteiger partial charge on any atom is 0.273 e. The predicted octanol–water partition coefficient (Wildman–Crippen LogP) is 4.23. The molecular weight excluding hydrogens is 438 g/mol. The number of morpholine rings is 1. The number of carbonyl (C=O) groups excluding carboxylic acids is 1. The maximum absolute atomic E-state index is 12.6. The van der Waals surface area contributed by atoms with Gasteiger partial charge in [0, 0.05) is 36.5 Å². The number of aryl methyl sites for hydroxylation is 2. The summed E-state index contributed by atoms with van der Waals surface area (Å²) in [5.41, 5.74) is 4.40. The molecule has 0 radical (unpaired) electrons. The summed E-state index contributed by atoms with van der Waals surface area (Å²) >= 11 is 1.67. The number of hydrogen-bond acceptors (Lipinski definition) is 8. The Labute approximate surface area is 197 Å². The van der Waals surface area contributed by atoms with E-state index in [9.17, 15) is 4.79 Å². The van der Waals surface area contributed by atoms with Crippen LogP contribution in [0.4, 0.5) is 5.13 Å². The SMILES string of the molecule is Cc1cc(-c2sc(N3C[C@@H](C)O[C@@H](C)C3)nc2CNC(=O)c2cc(C)on2)cc(C2CC2)n1. The summed E-state index contributed by atoms with van der Waals surface area (Å²) in [5.74, 6) is 0.897. The van der Waals surface area contributed by atoms with Gasteiger partial charge in [-0.25, -0.2) is 4.98 Å². The smallest absolute Gasteiger partial charge is 0.273 e. The molecule has 1 aliphatic carbocycles. The quantitative estimate of drug-likeness (QED) is 0.580. The minimum absolute atomic E-state index is 0.143. The number of carbonyl (C=O) groups is 1. The molecule has 0 aromatic carbocycles. The van der Waals surface area contributed by atoms with Crippen LogP contribution in [0.5, 0.6) is 0 Å². The zero-order chi connectivity index (χ0) is 23.1. The van der Waals surface area contributed by atoms with Gasteiger partial charge in [-0.15, -0.1) is 0 Å². The van der Waals surface area contributed by atoms with Crippen LogP contribution in [0.25, 0.3) is 10.4 Å². The van der Waals surface area contributed by atoms with Crippen molar-refractivity contribution in [2.75, 3.05) is 18.0 Å². The lowest BCUT2D eigenvalue weighted by molar-refractivity contribution is -0.00523. The molecule has 0 unspecified atom stereocenters. The van der Waals surface area contributed by atoms with E-state index in [0.717, 1.165) is 45.7 Å². The van der Waals surface area contributed by atoms with E-state index in [1.807, 2.05) is 6.92 Å². The van der Waals surface area contributed by atoms with Crippen LogP contribution < -0.4 is 10.2 Å². The summed E-state index contributed by atoms with van der Waals surface area (Å²) in [4.78, 5) is 25.7. The number of nitrogens with one attached hydrogen (secondary N) is 1. The number of aromatic nitrogens is 3. The van der Waals surface area contributed by atoms with E-state index in [-0.39, 0.29) is 23.8 Å². The predicted molar refractivity (Wildman–Crippen MR) is 127 cm³/mol. The van der Waals surface area contributed by atoms with Crippen LogP contribution >= 0.6 is 11.3 Å². The van der Waals surface area contributed by atoms with Crippen molar-refractivity contribution in [2.45, 2.75) is 65.2 Å². The summed E-state index contributed by atoms with van der Waals surface area (Å²) in [6.07, 6.45) is 2.69. The van der Waals surface area contributed by atoms with Crippen LogP contribution in [0.1, 0.15) is 65.9 Å². The Bertz CT molecular complexity index is 1160. The van der Waals surface area contributed by atoms with Crippen LogP contribution in [0, 0.1) is 13.8 Å². The molecule has 1 amide bonds. The maximum atomic E-state index is 12.6. The standard InChI is InChI=1S/C24H29N5O3S/c1-13-7-18(9-19(26-13)17-5-6-17)22-21(10-25-23(30)20-8-14(2)32-28-20)27-24(33-22)29-11-15(3)31-16(4)12-29/h7-9,15-17H,5-6,10-12H2,1-4H3,(H,25,30)/t15-,16+. The van der Waals surface area contributed by atoms with Gasteiger partial charge in [-0.1, -0.05) is 16.5 Å². The van der Waals surface area contributed by atoms with E-state index >= 15 is 0 Å². The van der Waals surface area contributed by atoms with Crippen molar-refractivity contribution in [2.24, 2.45) is 0 Å². The molecule has 3 aromatic heterocycles. The van der Waals surface area contributed by atoms with E-state index < -0.39 is 0 Å². The van der Waals surface area contributed by atoms with Crippen LogP contribution in [-0.2, 0) is 11.3 Å². The molecule has 8 nitrogen and oxygen atoms in total. The molecule has 2 fully saturated rings. The average Bonchev–Trinajstić information content (AvgIpc) is 3.38. The Morgan fingerprint density at radius 1 is 1.15 bits per heavy atom. The largest absolute Gasteiger partial charge is 0.372 e. The molecule has 5 rings (SSSR count). The molecule has 1 saturated carbocycles. The van der Waals surface area contributed by atoms with Crippen LogP contribution in [0.2, 0.25) is 0 Å². The van der Waals surface area contributed by atoms with Gasteiger partial charge in [-0.2, -0.15) is 0 Å². The number of anilines is 1. The number of pyridine rings is 1. The first kappa shape index (κ1) is 22.0. The first-order valence-corrected chi connectivity index (χ1v) is 12.3. The Hall–Kier alpha value is -2.78. The van der Waals surface area contributed by atoms with Crippen molar-refractivity contribution in [1.29, 1.82) is 0 Å². The lowest BCUT2D eigenvalue weighted by Crippen LogP contribution is -2.45. The van der Waals surface area contributed by atoms with E-state index in [0.29, 0.717) is 18.2 Å². The molecule has 2 aliphatic rings. The third kappa shape index (κ3) is 4.94. The molecule has 2 atom stereocenters. The highest BCUT2D eigenvalue weighted by molar-refractivity contribution is 7.19. The third-order valence-electron chi connectivity index (χ3n) is 5.88. The molecule has 0 spiro atoms. The van der Waals surface area contributed by atoms with Crippen LogP contribution in [0.15, 0.2) is 22.7 Å². The second kappa shape index (κ2) is 8.87. The Balaban J connectivity index is 1.46. The summed E-state index contributed by atoms with van der Waals surface area (Å²) in [6, 6.07) is 5.94. The highest BCUT2D eigenvalue weighted by Gasteiger charge is 2.28. The molecule has 1 aliphatic heterocycles. The van der Waals surface area contributed by atoms with Crippen molar-refractivity contribution < 1.29 is 14.1 Å². The summed E-state index contributed by atoms with van der Waals surface area (Å²) in [6.45, 7) is 9.89. The third-order valence-corrected chi connectivity index (χ3v) is 7.09. The van der Waals surface area contributed by atoms with Gasteiger partial charge in [0.2, 0.25) is 0 Å². The number of hydrogen-bond donors (Lipinski definition) is 1. The second-order valence-electron chi connectivity index (χ2n) is 9.14. The first-order valence-electron chi connectivity index (χ1n) is 11.5. The first-order chi connectivity index (χ1) is 15.9. The lowest BCUT2D eigenvalue weighted by Gasteiger charge is -2.35. The molecule has 9 heteroatoms. The van der Waals surface area contributed by atoms with Gasteiger partial charge in [-0.3, -0.25) is 9.78 Å². The van der Waals surface area contributed by atoms with Gasteiger partial charge < -0.3 is 19.5 Å². The van der Waals surface area contributed by atoms with Crippen molar-refractivity contribution in [3.63, 3.8) is 0 Å². The van der Waals surface area contributed by atoms with E-state index in [4.69, 9.17) is 19.2 Å². The van der Waals surface area contributed by atoms with E-state index in [1.54, 1.807) is 24.3 Å². The van der Waals surface area contributed by atoms with Gasteiger partial charge in [0.05, 0.1) is 29.3 Å². The van der Waals surface area contributed by atoms with E-state index in [2.05, 4.69) is 41.4 Å². The fraction of sp³-hybridized carbons (Fsp3) is 0.500. The lowest BCUT2D eigenvalue weighted by atomic mass is 10.1. The van der Waals surface area contributed by atoms with Crippen LogP contribution in [-0.4, -0.2) is 46.3 Å². The number of thiazole rings is 1. The molecule has 0 bridgehead atoms. The van der Waals surface area contributed by atoms with Crippen molar-refractivity contribution in [3.05, 3.63) is 46.7 Å². The molecule has 4 heterocycles. The monoisotopic (exact) mass is 467 g/mol. The highest BCUT2D eigenvalue weighted by atomic mass is 32.1. The molecular formula is C24H29N5O3S. The minimum atomic E-state index is -0.273. The molecule has 33 heavy (non-hydrogen) atoms. The normalized spacial score (nSPS) is 20.8. The van der Waals surface area contributed by atoms with Gasteiger partial charge in [0.25, 0.3) is 5.91 Å². The molecule has 174 valence electrons. The molecule has 1 N–H and O–H groups in total. The summed E-state index contributed by atoms with van der Waals surface area (Å²) in [5, 5.41) is 7.73. The average molecular weight is 468 g/mol. The van der Waals surface area contributed by atoms with Gasteiger partial charge in [0.1, 0.15) is 5.76 Å². The Morgan fingerprint density at radius 3 is 2.58 bits per heavy atom. The Kier molecular flexibility index (Phi) is 5.92. The highest BCUT2D eigenvalue weighted by Crippen LogP contribution is 2.42. The second-order valence-corrected chi connectivity index (χ2v) is 10.1. The fourth-order valence-electron chi connectivity index (χ4n) is 4.30. The number of nitrogens with zero attached hydrogens (tertiary/aromatic N) is 4. The minimum Gasteiger partial charge on any atom is -0.372 e. The van der Waals surface area contributed by atoms with Crippen LogP contribution in [0.3, 0.4) is 0 Å². The van der Waals surface area contributed by atoms with Gasteiger partial charge in [-0.05, 0) is 58.2 Å². The fourth-order valence-corrected chi connectivity index (χ4v) is 5.38.